The van der Waals surface area contributed by atoms with Gasteiger partial charge in [-0.2, -0.15) is 0 Å². The second kappa shape index (κ2) is 5.42. The molecule has 0 fully saturated rings. The molecule has 0 heterocycles. The Morgan fingerprint density at radius 1 is 1.06 bits per heavy atom. The van der Waals surface area contributed by atoms with E-state index in [-0.39, 0.29) is 0 Å². The summed E-state index contributed by atoms with van der Waals surface area (Å²) >= 11 is 11.8. The lowest BCUT2D eigenvalue weighted by atomic mass is 10.2. The van der Waals surface area contributed by atoms with E-state index in [1.165, 1.54) is 0 Å². The molecule has 2 aromatic rings. The van der Waals surface area contributed by atoms with Gasteiger partial charge in [0.1, 0.15) is 5.75 Å². The summed E-state index contributed by atoms with van der Waals surface area (Å²) in [6, 6.07) is 11.8. The fourth-order valence-electron chi connectivity index (χ4n) is 1.47. The van der Waals surface area contributed by atoms with E-state index in [0.717, 1.165) is 5.56 Å². The van der Waals surface area contributed by atoms with Crippen LogP contribution in [0.5, 0.6) is 5.75 Å². The van der Waals surface area contributed by atoms with Gasteiger partial charge in [0, 0.05) is 5.02 Å². The molecule has 0 saturated carbocycles. The number of aryl methyl sites for hydroxylation is 1. The van der Waals surface area contributed by atoms with Crippen LogP contribution >= 0.6 is 23.2 Å². The van der Waals surface area contributed by atoms with Gasteiger partial charge in [0.15, 0.2) is 0 Å². The van der Waals surface area contributed by atoms with Crippen LogP contribution in [0.15, 0.2) is 42.5 Å². The van der Waals surface area contributed by atoms with E-state index in [4.69, 9.17) is 27.9 Å². The third-order valence-electron chi connectivity index (χ3n) is 2.43. The van der Waals surface area contributed by atoms with Crippen molar-refractivity contribution in [3.8, 4) is 5.75 Å². The Kier molecular flexibility index (Phi) is 3.90. The van der Waals surface area contributed by atoms with Gasteiger partial charge < -0.3 is 4.74 Å². The Bertz CT molecular complexity index is 594. The number of halogens is 2. The maximum Gasteiger partial charge on any atom is 0.345 e. The van der Waals surface area contributed by atoms with Gasteiger partial charge in [0.05, 0.1) is 10.6 Å². The third kappa shape index (κ3) is 2.84. The average Bonchev–Trinajstić information content (AvgIpc) is 2.34. The van der Waals surface area contributed by atoms with Gasteiger partial charge in [-0.1, -0.05) is 35.3 Å². The van der Waals surface area contributed by atoms with Crippen molar-refractivity contribution in [1.29, 1.82) is 0 Å². The van der Waals surface area contributed by atoms with E-state index >= 15 is 0 Å². The molecule has 18 heavy (non-hydrogen) atoms. The number of carbonyl (C=O) groups excluding carboxylic acids is 1. The second-order valence-electron chi connectivity index (χ2n) is 3.78. The lowest BCUT2D eigenvalue weighted by Crippen LogP contribution is -2.09. The highest BCUT2D eigenvalue weighted by Gasteiger charge is 2.12. The molecule has 4 heteroatoms. The number of esters is 1. The first kappa shape index (κ1) is 12.9. The van der Waals surface area contributed by atoms with Crippen LogP contribution in [-0.4, -0.2) is 5.97 Å². The topological polar surface area (TPSA) is 26.3 Å². The Hall–Kier alpha value is -1.51. The van der Waals surface area contributed by atoms with Gasteiger partial charge in [-0.15, -0.1) is 0 Å². The highest BCUT2D eigenvalue weighted by molar-refractivity contribution is 6.33. The molecule has 0 radical (unpaired) electrons. The van der Waals surface area contributed by atoms with Crippen molar-refractivity contribution >= 4 is 29.2 Å². The second-order valence-corrected chi connectivity index (χ2v) is 4.59. The predicted octanol–water partition coefficient (Wildman–Crippen LogP) is 4.52. The minimum atomic E-state index is -0.484. The van der Waals surface area contributed by atoms with E-state index in [0.29, 0.717) is 21.4 Å². The van der Waals surface area contributed by atoms with Crippen LogP contribution in [-0.2, 0) is 0 Å². The molecular weight excluding hydrogens is 271 g/mol. The minimum Gasteiger partial charge on any atom is -0.423 e. The predicted molar refractivity (Wildman–Crippen MR) is 72.6 cm³/mol. The number of hydrogen-bond donors (Lipinski definition) is 0. The number of ether oxygens (including phenoxy) is 1. The van der Waals surface area contributed by atoms with Crippen LogP contribution in [0, 0.1) is 6.92 Å². The van der Waals surface area contributed by atoms with Crippen molar-refractivity contribution in [3.63, 3.8) is 0 Å². The minimum absolute atomic E-state index is 0.340. The van der Waals surface area contributed by atoms with Crippen molar-refractivity contribution in [2.45, 2.75) is 6.92 Å². The fraction of sp³-hybridized carbons (Fsp3) is 0.0714. The summed E-state index contributed by atoms with van der Waals surface area (Å²) in [4.78, 5) is 11.9. The van der Waals surface area contributed by atoms with Gasteiger partial charge in [-0.25, -0.2) is 4.79 Å². The number of carbonyl (C=O) groups is 1. The van der Waals surface area contributed by atoms with Crippen LogP contribution in [0.25, 0.3) is 0 Å². The lowest BCUT2D eigenvalue weighted by Gasteiger charge is -2.07. The van der Waals surface area contributed by atoms with Crippen LogP contribution < -0.4 is 4.74 Å². The molecule has 0 atom stereocenters. The molecule has 0 amide bonds. The summed E-state index contributed by atoms with van der Waals surface area (Å²) in [5.74, 6) is -0.0378. The van der Waals surface area contributed by atoms with Gasteiger partial charge >= 0.3 is 5.97 Å². The standard InChI is InChI=1S/C14H10Cl2O2/c1-9-8-10(6-7-12(9)15)18-14(17)11-4-2-3-5-13(11)16/h2-8H,1H3. The Morgan fingerprint density at radius 2 is 1.78 bits per heavy atom. The van der Waals surface area contributed by atoms with E-state index in [1.54, 1.807) is 42.5 Å². The van der Waals surface area contributed by atoms with E-state index < -0.39 is 5.97 Å². The molecule has 2 aromatic carbocycles. The Balaban J connectivity index is 2.22. The maximum atomic E-state index is 11.9. The summed E-state index contributed by atoms with van der Waals surface area (Å²) in [6.45, 7) is 1.84. The van der Waals surface area contributed by atoms with Crippen LogP contribution in [0.2, 0.25) is 10.0 Å². The van der Waals surface area contributed by atoms with Gasteiger partial charge in [0.2, 0.25) is 0 Å². The molecule has 2 nitrogen and oxygen atoms in total. The fourth-order valence-corrected chi connectivity index (χ4v) is 1.80. The molecule has 0 bridgehead atoms. The van der Waals surface area contributed by atoms with E-state index in [2.05, 4.69) is 0 Å². The molecule has 0 saturated heterocycles. The highest BCUT2D eigenvalue weighted by atomic mass is 35.5. The van der Waals surface area contributed by atoms with Crippen molar-refractivity contribution in [3.05, 3.63) is 63.6 Å². The molecule has 0 spiro atoms. The van der Waals surface area contributed by atoms with Crippen LogP contribution in [0.1, 0.15) is 15.9 Å². The van der Waals surface area contributed by atoms with Crippen molar-refractivity contribution in [2.24, 2.45) is 0 Å². The molecule has 0 unspecified atom stereocenters. The molecular formula is C14H10Cl2O2. The van der Waals surface area contributed by atoms with E-state index in [1.807, 2.05) is 6.92 Å². The monoisotopic (exact) mass is 280 g/mol. The van der Waals surface area contributed by atoms with Gasteiger partial charge in [-0.3, -0.25) is 0 Å². The smallest absolute Gasteiger partial charge is 0.345 e. The summed E-state index contributed by atoms with van der Waals surface area (Å²) in [5.41, 5.74) is 1.19. The lowest BCUT2D eigenvalue weighted by molar-refractivity contribution is 0.0735. The third-order valence-corrected chi connectivity index (χ3v) is 3.19. The van der Waals surface area contributed by atoms with Gasteiger partial charge in [0.25, 0.3) is 0 Å². The van der Waals surface area contributed by atoms with E-state index in [9.17, 15) is 4.79 Å². The molecule has 0 aliphatic carbocycles. The summed E-state index contributed by atoms with van der Waals surface area (Å²) in [6.07, 6.45) is 0. The average molecular weight is 281 g/mol. The molecule has 92 valence electrons. The Labute approximate surface area is 115 Å². The number of hydrogen-bond acceptors (Lipinski definition) is 2. The summed E-state index contributed by atoms with van der Waals surface area (Å²) in [5, 5.41) is 1.00. The first-order valence-corrected chi connectivity index (χ1v) is 6.06. The zero-order chi connectivity index (χ0) is 13.1. The zero-order valence-electron chi connectivity index (χ0n) is 9.61. The molecule has 0 aliphatic heterocycles. The summed E-state index contributed by atoms with van der Waals surface area (Å²) < 4.78 is 5.24. The van der Waals surface area contributed by atoms with Gasteiger partial charge in [-0.05, 0) is 42.8 Å². The zero-order valence-corrected chi connectivity index (χ0v) is 11.1. The van der Waals surface area contributed by atoms with Crippen LogP contribution in [0.4, 0.5) is 0 Å². The summed E-state index contributed by atoms with van der Waals surface area (Å²) in [7, 11) is 0. The first-order chi connectivity index (χ1) is 8.58. The molecule has 0 aliphatic rings. The van der Waals surface area contributed by atoms with Crippen LogP contribution in [0.3, 0.4) is 0 Å². The first-order valence-electron chi connectivity index (χ1n) is 5.31. The SMILES string of the molecule is Cc1cc(OC(=O)c2ccccc2Cl)ccc1Cl. The van der Waals surface area contributed by atoms with Crippen molar-refractivity contribution in [2.75, 3.05) is 0 Å². The normalized spacial score (nSPS) is 10.2. The number of rotatable bonds is 2. The van der Waals surface area contributed by atoms with Crippen molar-refractivity contribution in [1.82, 2.24) is 0 Å². The highest BCUT2D eigenvalue weighted by Crippen LogP contribution is 2.23. The molecule has 2 rings (SSSR count). The maximum absolute atomic E-state index is 11.9. The largest absolute Gasteiger partial charge is 0.423 e. The quantitative estimate of drug-likeness (QED) is 0.597. The van der Waals surface area contributed by atoms with Crippen molar-refractivity contribution < 1.29 is 9.53 Å². The number of benzene rings is 2. The Morgan fingerprint density at radius 3 is 2.44 bits per heavy atom. The molecule has 0 aromatic heterocycles. The molecule has 0 N–H and O–H groups in total.